The van der Waals surface area contributed by atoms with Crippen molar-refractivity contribution < 1.29 is 42.5 Å². The molecule has 15 nitrogen and oxygen atoms in total. The maximum atomic E-state index is 11.8. The number of fused-ring (bicyclic) bond motifs is 1. The van der Waals surface area contributed by atoms with E-state index in [0.29, 0.717) is 0 Å². The van der Waals surface area contributed by atoms with Crippen molar-refractivity contribution in [2.75, 3.05) is 12.3 Å². The maximum Gasteiger partial charge on any atom is 0.481 e. The molecular weight excluding hydrogens is 412 g/mol. The Balaban J connectivity index is 1.73. The zero-order chi connectivity index (χ0) is 20.0. The van der Waals surface area contributed by atoms with E-state index in [1.165, 1.54) is 10.9 Å². The van der Waals surface area contributed by atoms with Gasteiger partial charge < -0.3 is 30.3 Å². The van der Waals surface area contributed by atoms with Crippen LogP contribution in [0.5, 0.6) is 0 Å². The predicted octanol–water partition coefficient (Wildman–Crippen LogP) is -1.42. The van der Waals surface area contributed by atoms with E-state index in [2.05, 4.69) is 23.8 Å². The molecule has 1 saturated heterocycles. The Morgan fingerprint density at radius 2 is 2.11 bits per heavy atom. The highest BCUT2D eigenvalue weighted by atomic mass is 31.3. The van der Waals surface area contributed by atoms with Crippen molar-refractivity contribution in [2.24, 2.45) is 0 Å². The third-order valence-electron chi connectivity index (χ3n) is 3.58. The minimum absolute atomic E-state index is 0.00288. The molecule has 1 aliphatic heterocycles. The molecule has 0 radical (unpaired) electrons. The lowest BCUT2D eigenvalue weighted by Crippen LogP contribution is -2.26. The van der Waals surface area contributed by atoms with Gasteiger partial charge in [0.1, 0.15) is 12.3 Å². The average molecular weight is 427 g/mol. The van der Waals surface area contributed by atoms with Crippen LogP contribution in [-0.2, 0) is 22.7 Å². The SMILES string of the molecule is Nc1nc2c(ncn2[C@H]2C[C@@H](O)C(COP(=O)(O)OP(=O)(O)O)O2)c(=O)[nH]1. The fourth-order valence-corrected chi connectivity index (χ4v) is 4.11. The highest BCUT2D eigenvalue weighted by Gasteiger charge is 2.39. The number of phosphoric acid groups is 2. The summed E-state index contributed by atoms with van der Waals surface area (Å²) in [7, 11) is -10.3. The molecule has 2 aromatic rings. The first-order chi connectivity index (χ1) is 12.5. The normalized spacial score (nSPS) is 25.7. The van der Waals surface area contributed by atoms with E-state index in [-0.39, 0.29) is 23.5 Å². The summed E-state index contributed by atoms with van der Waals surface area (Å²) in [4.78, 5) is 48.3. The van der Waals surface area contributed by atoms with Crippen LogP contribution in [0.25, 0.3) is 11.2 Å². The van der Waals surface area contributed by atoms with Gasteiger partial charge in [-0.05, 0) is 0 Å². The summed E-state index contributed by atoms with van der Waals surface area (Å²) in [6.07, 6.45) is -1.91. The van der Waals surface area contributed by atoms with Crippen molar-refractivity contribution in [3.8, 4) is 0 Å². The lowest BCUT2D eigenvalue weighted by Gasteiger charge is -2.18. The molecule has 150 valence electrons. The second kappa shape index (κ2) is 7.05. The van der Waals surface area contributed by atoms with E-state index in [0.717, 1.165) is 0 Å². The minimum atomic E-state index is -5.26. The number of aromatic nitrogens is 4. The number of nitrogens with one attached hydrogen (secondary N) is 1. The van der Waals surface area contributed by atoms with Gasteiger partial charge in [0.05, 0.1) is 19.0 Å². The zero-order valence-electron chi connectivity index (χ0n) is 13.3. The fraction of sp³-hybridized carbons (Fsp3) is 0.500. The average Bonchev–Trinajstić information content (AvgIpc) is 3.06. The van der Waals surface area contributed by atoms with Gasteiger partial charge in [0.2, 0.25) is 5.95 Å². The van der Waals surface area contributed by atoms with Crippen LogP contribution in [0.3, 0.4) is 0 Å². The van der Waals surface area contributed by atoms with Crippen molar-refractivity contribution in [3.63, 3.8) is 0 Å². The highest BCUT2D eigenvalue weighted by molar-refractivity contribution is 7.60. The lowest BCUT2D eigenvalue weighted by atomic mass is 10.2. The van der Waals surface area contributed by atoms with E-state index in [9.17, 15) is 23.9 Å². The van der Waals surface area contributed by atoms with Gasteiger partial charge in [-0.1, -0.05) is 0 Å². The smallest absolute Gasteiger partial charge is 0.390 e. The number of nitrogens with zero attached hydrogens (tertiary/aromatic N) is 3. The third kappa shape index (κ3) is 4.60. The van der Waals surface area contributed by atoms with Gasteiger partial charge in [0.15, 0.2) is 11.2 Å². The fourth-order valence-electron chi connectivity index (χ4n) is 2.52. The summed E-state index contributed by atoms with van der Waals surface area (Å²) in [6, 6.07) is 0. The van der Waals surface area contributed by atoms with Crippen molar-refractivity contribution in [1.29, 1.82) is 0 Å². The Morgan fingerprint density at radius 3 is 2.78 bits per heavy atom. The standard InChI is InChI=1S/C10H15N5O10P2/c11-10-13-8-7(9(17)14-10)12-3-15(8)6-1-4(16)5(24-6)2-23-27(21,22)25-26(18,19)20/h3-6,16H,1-2H2,(H,21,22)(H2,18,19,20)(H3,11,13,14,17)/t4-,5?,6-/m1/s1. The monoisotopic (exact) mass is 427 g/mol. The molecule has 0 spiro atoms. The molecule has 4 atom stereocenters. The number of aliphatic hydroxyl groups excluding tert-OH is 1. The first-order valence-electron chi connectivity index (χ1n) is 7.25. The number of rotatable bonds is 6. The minimum Gasteiger partial charge on any atom is -0.390 e. The Hall–Kier alpha value is -1.67. The topological polar surface area (TPSA) is 232 Å². The first kappa shape index (κ1) is 20.1. The second-order valence-corrected chi connectivity index (χ2v) is 8.37. The van der Waals surface area contributed by atoms with E-state index in [4.69, 9.17) is 20.3 Å². The van der Waals surface area contributed by atoms with Gasteiger partial charge in [-0.2, -0.15) is 9.29 Å². The molecule has 3 rings (SSSR count). The number of aliphatic hydroxyl groups is 1. The van der Waals surface area contributed by atoms with E-state index < -0.39 is 46.2 Å². The largest absolute Gasteiger partial charge is 0.481 e. The summed E-state index contributed by atoms with van der Waals surface area (Å²) < 4.78 is 37.0. The van der Waals surface area contributed by atoms with Crippen LogP contribution >= 0.6 is 15.6 Å². The molecule has 0 aliphatic carbocycles. The number of hydrogen-bond donors (Lipinski definition) is 6. The van der Waals surface area contributed by atoms with E-state index in [1.54, 1.807) is 0 Å². The van der Waals surface area contributed by atoms with Crippen LogP contribution in [0, 0.1) is 0 Å². The first-order valence-corrected chi connectivity index (χ1v) is 10.3. The number of aromatic amines is 1. The molecule has 2 unspecified atom stereocenters. The summed E-state index contributed by atoms with van der Waals surface area (Å²) >= 11 is 0. The zero-order valence-corrected chi connectivity index (χ0v) is 15.1. The van der Waals surface area contributed by atoms with Gasteiger partial charge in [-0.25, -0.2) is 14.1 Å². The summed E-state index contributed by atoms with van der Waals surface area (Å²) in [5, 5.41) is 10.1. The number of hydrogen-bond acceptors (Lipinski definition) is 10. The van der Waals surface area contributed by atoms with Crippen LogP contribution in [0.15, 0.2) is 11.1 Å². The number of H-pyrrole nitrogens is 1. The molecule has 0 bridgehead atoms. The lowest BCUT2D eigenvalue weighted by molar-refractivity contribution is -0.0423. The highest BCUT2D eigenvalue weighted by Crippen LogP contribution is 2.57. The number of phosphoric ester groups is 1. The molecule has 17 heteroatoms. The maximum absolute atomic E-state index is 11.8. The molecule has 0 aromatic carbocycles. The predicted molar refractivity (Wildman–Crippen MR) is 86.0 cm³/mol. The number of imidazole rings is 1. The van der Waals surface area contributed by atoms with Crippen LogP contribution in [0.1, 0.15) is 12.6 Å². The van der Waals surface area contributed by atoms with Gasteiger partial charge in [0.25, 0.3) is 5.56 Å². The Labute approximate surface area is 149 Å². The quantitative estimate of drug-likeness (QED) is 0.291. The summed E-state index contributed by atoms with van der Waals surface area (Å²) in [5.41, 5.74) is 5.03. The molecule has 1 fully saturated rings. The van der Waals surface area contributed by atoms with Crippen molar-refractivity contribution >= 4 is 32.8 Å². The molecule has 1 aliphatic rings. The van der Waals surface area contributed by atoms with Crippen LogP contribution < -0.4 is 11.3 Å². The second-order valence-electron chi connectivity index (χ2n) is 5.54. The number of nitrogens with two attached hydrogens (primary N) is 1. The Bertz CT molecular complexity index is 1000. The van der Waals surface area contributed by atoms with Crippen molar-refractivity contribution in [2.45, 2.75) is 24.9 Å². The van der Waals surface area contributed by atoms with Gasteiger partial charge in [-0.15, -0.1) is 0 Å². The molecular formula is C10H15N5O10P2. The number of anilines is 1. The Kier molecular flexibility index (Phi) is 5.24. The van der Waals surface area contributed by atoms with Gasteiger partial charge >= 0.3 is 15.6 Å². The van der Waals surface area contributed by atoms with Gasteiger partial charge in [0, 0.05) is 6.42 Å². The van der Waals surface area contributed by atoms with Gasteiger partial charge in [-0.3, -0.25) is 18.9 Å². The third-order valence-corrected chi connectivity index (χ3v) is 5.73. The molecule has 2 aromatic heterocycles. The molecule has 0 saturated carbocycles. The Morgan fingerprint density at radius 1 is 1.41 bits per heavy atom. The number of nitrogen functional groups attached to an aromatic ring is 1. The van der Waals surface area contributed by atoms with Crippen molar-refractivity contribution in [3.05, 3.63) is 16.7 Å². The van der Waals surface area contributed by atoms with E-state index in [1.807, 2.05) is 0 Å². The van der Waals surface area contributed by atoms with Crippen molar-refractivity contribution in [1.82, 2.24) is 19.5 Å². The molecule has 27 heavy (non-hydrogen) atoms. The number of ether oxygens (including phenoxy) is 1. The molecule has 7 N–H and O–H groups in total. The summed E-state index contributed by atoms with van der Waals surface area (Å²) in [6.45, 7) is -0.700. The van der Waals surface area contributed by atoms with E-state index >= 15 is 0 Å². The van der Waals surface area contributed by atoms with Crippen LogP contribution in [-0.4, -0.2) is 58.1 Å². The molecule has 0 amide bonds. The molecule has 3 heterocycles. The van der Waals surface area contributed by atoms with Crippen LogP contribution in [0.4, 0.5) is 5.95 Å². The summed E-state index contributed by atoms with van der Waals surface area (Å²) in [5.74, 6) is -0.150. The van der Waals surface area contributed by atoms with Crippen LogP contribution in [0.2, 0.25) is 0 Å².